The Balaban J connectivity index is 1.80. The highest BCUT2D eigenvalue weighted by atomic mass is 16.5. The molecule has 1 saturated heterocycles. The van der Waals surface area contributed by atoms with Crippen LogP contribution in [0.1, 0.15) is 28.0 Å². The normalized spacial score (nSPS) is 17.6. The number of morpholine rings is 1. The van der Waals surface area contributed by atoms with Gasteiger partial charge in [0.1, 0.15) is 18.1 Å². The molecular weight excluding hydrogens is 306 g/mol. The van der Waals surface area contributed by atoms with E-state index < -0.39 is 0 Å². The van der Waals surface area contributed by atoms with E-state index in [1.807, 2.05) is 38.1 Å². The molecule has 0 saturated carbocycles. The average Bonchev–Trinajstić information content (AvgIpc) is 2.61. The van der Waals surface area contributed by atoms with Gasteiger partial charge in [-0.25, -0.2) is 9.97 Å². The quantitative estimate of drug-likeness (QED) is 0.850. The second-order valence-electron chi connectivity index (χ2n) is 5.99. The lowest BCUT2D eigenvalue weighted by Crippen LogP contribution is -2.42. The molecule has 0 bridgehead atoms. The highest BCUT2D eigenvalue weighted by Gasteiger charge is 2.28. The summed E-state index contributed by atoms with van der Waals surface area (Å²) in [5, 5.41) is 0. The maximum atomic E-state index is 12.6. The van der Waals surface area contributed by atoms with Crippen LogP contribution in [0.15, 0.2) is 30.7 Å². The summed E-state index contributed by atoms with van der Waals surface area (Å²) < 4.78 is 5.86. The third-order valence-corrected chi connectivity index (χ3v) is 3.96. The fraction of sp³-hybridized carbons (Fsp3) is 0.412. The zero-order chi connectivity index (χ0) is 17.1. The second-order valence-corrected chi connectivity index (χ2v) is 5.99. The number of carbonyl (C=O) groups is 1. The first-order chi connectivity index (χ1) is 11.5. The highest BCUT2D eigenvalue weighted by Crippen LogP contribution is 2.25. The van der Waals surface area contributed by atoms with Crippen molar-refractivity contribution in [3.63, 3.8) is 0 Å². The molecule has 126 valence electrons. The molecule has 1 aliphatic heterocycles. The van der Waals surface area contributed by atoms with Gasteiger partial charge in [-0.2, -0.15) is 0 Å². The molecule has 1 fully saturated rings. The van der Waals surface area contributed by atoms with Crippen molar-refractivity contribution in [2.45, 2.75) is 13.0 Å². The number of pyridine rings is 1. The Morgan fingerprint density at radius 1 is 1.38 bits per heavy atom. The van der Waals surface area contributed by atoms with Crippen molar-refractivity contribution in [3.8, 4) is 0 Å². The first kappa shape index (κ1) is 16.3. The second kappa shape index (κ2) is 6.92. The number of aromatic nitrogens is 3. The number of amides is 1. The Morgan fingerprint density at radius 2 is 2.21 bits per heavy atom. The lowest BCUT2D eigenvalue weighted by atomic mass is 10.1. The number of hydrogen-bond donors (Lipinski definition) is 0. The molecule has 0 aliphatic carbocycles. The summed E-state index contributed by atoms with van der Waals surface area (Å²) in [5.74, 6) is -0.105. The van der Waals surface area contributed by atoms with Crippen LogP contribution in [0, 0.1) is 6.92 Å². The van der Waals surface area contributed by atoms with Gasteiger partial charge in [0.05, 0.1) is 18.8 Å². The van der Waals surface area contributed by atoms with Crippen molar-refractivity contribution in [3.05, 3.63) is 47.8 Å². The summed E-state index contributed by atoms with van der Waals surface area (Å²) in [6.45, 7) is 3.45. The number of anilines is 1. The van der Waals surface area contributed by atoms with Gasteiger partial charge in [0.2, 0.25) is 0 Å². The molecule has 0 radical (unpaired) electrons. The Morgan fingerprint density at radius 3 is 2.92 bits per heavy atom. The minimum absolute atomic E-state index is 0.105. The molecule has 0 N–H and O–H groups in total. The molecule has 0 unspecified atom stereocenters. The van der Waals surface area contributed by atoms with Gasteiger partial charge in [-0.15, -0.1) is 0 Å². The van der Waals surface area contributed by atoms with Crippen LogP contribution in [-0.4, -0.2) is 59.6 Å². The monoisotopic (exact) mass is 327 g/mol. The van der Waals surface area contributed by atoms with Crippen molar-refractivity contribution in [1.82, 2.24) is 19.9 Å². The summed E-state index contributed by atoms with van der Waals surface area (Å²) in [5.41, 5.74) is 3.25. The van der Waals surface area contributed by atoms with E-state index in [9.17, 15) is 4.79 Å². The molecule has 7 nitrogen and oxygen atoms in total. The molecule has 7 heteroatoms. The van der Waals surface area contributed by atoms with Crippen LogP contribution < -0.4 is 4.90 Å². The summed E-state index contributed by atoms with van der Waals surface area (Å²) >= 11 is 0. The molecule has 24 heavy (non-hydrogen) atoms. The summed E-state index contributed by atoms with van der Waals surface area (Å²) in [6.07, 6.45) is 2.73. The number of aryl methyl sites for hydroxylation is 1. The van der Waals surface area contributed by atoms with Gasteiger partial charge in [0.15, 0.2) is 0 Å². The lowest BCUT2D eigenvalue weighted by Gasteiger charge is -2.33. The van der Waals surface area contributed by atoms with Crippen molar-refractivity contribution in [2.75, 3.05) is 38.7 Å². The molecule has 2 aromatic rings. The number of hydrogen-bond acceptors (Lipinski definition) is 6. The van der Waals surface area contributed by atoms with Gasteiger partial charge >= 0.3 is 0 Å². The molecule has 0 spiro atoms. The van der Waals surface area contributed by atoms with Crippen LogP contribution in [-0.2, 0) is 4.74 Å². The maximum absolute atomic E-state index is 12.6. The molecule has 1 aliphatic rings. The molecule has 1 amide bonds. The number of nitrogens with zero attached hydrogens (tertiary/aromatic N) is 5. The molecule has 2 aromatic heterocycles. The van der Waals surface area contributed by atoms with Crippen LogP contribution in [0.4, 0.5) is 5.69 Å². The van der Waals surface area contributed by atoms with Crippen molar-refractivity contribution in [2.24, 2.45) is 0 Å². The first-order valence-corrected chi connectivity index (χ1v) is 7.87. The zero-order valence-electron chi connectivity index (χ0n) is 14.1. The third-order valence-electron chi connectivity index (χ3n) is 3.96. The van der Waals surface area contributed by atoms with Crippen molar-refractivity contribution in [1.29, 1.82) is 0 Å². The largest absolute Gasteiger partial charge is 0.378 e. The zero-order valence-corrected chi connectivity index (χ0v) is 14.1. The van der Waals surface area contributed by atoms with Gasteiger partial charge in [-0.1, -0.05) is 0 Å². The Hall–Kier alpha value is -2.54. The van der Waals surface area contributed by atoms with Crippen LogP contribution in [0.25, 0.3) is 0 Å². The van der Waals surface area contributed by atoms with E-state index in [4.69, 9.17) is 4.74 Å². The van der Waals surface area contributed by atoms with E-state index in [-0.39, 0.29) is 12.0 Å². The Bertz CT molecular complexity index is 720. The van der Waals surface area contributed by atoms with E-state index in [0.29, 0.717) is 25.4 Å². The summed E-state index contributed by atoms with van der Waals surface area (Å²) in [4.78, 5) is 28.8. The maximum Gasteiger partial charge on any atom is 0.272 e. The van der Waals surface area contributed by atoms with E-state index in [1.54, 1.807) is 17.2 Å². The SMILES string of the molecule is Cc1cc(N(C)C)cc([C@@H]2CN(C(=O)c3ccncn3)CCO2)n1. The molecular formula is C17H21N5O2. The predicted molar refractivity (Wildman–Crippen MR) is 89.9 cm³/mol. The van der Waals surface area contributed by atoms with Crippen LogP contribution >= 0.6 is 0 Å². The van der Waals surface area contributed by atoms with E-state index in [1.165, 1.54) is 6.33 Å². The Labute approximate surface area is 141 Å². The predicted octanol–water partition coefficient (Wildman–Crippen LogP) is 1.46. The molecule has 3 heterocycles. The minimum Gasteiger partial charge on any atom is -0.378 e. The summed E-state index contributed by atoms with van der Waals surface area (Å²) in [7, 11) is 3.98. The first-order valence-electron chi connectivity index (χ1n) is 7.87. The number of ether oxygens (including phenoxy) is 1. The topological polar surface area (TPSA) is 71.5 Å². The minimum atomic E-state index is -0.233. The lowest BCUT2D eigenvalue weighted by molar-refractivity contribution is -0.0249. The average molecular weight is 327 g/mol. The number of carbonyl (C=O) groups excluding carboxylic acids is 1. The summed E-state index contributed by atoms with van der Waals surface area (Å²) in [6, 6.07) is 5.66. The third kappa shape index (κ3) is 3.51. The van der Waals surface area contributed by atoms with E-state index in [0.717, 1.165) is 17.1 Å². The fourth-order valence-electron chi connectivity index (χ4n) is 2.69. The fourth-order valence-corrected chi connectivity index (χ4v) is 2.69. The van der Waals surface area contributed by atoms with Crippen LogP contribution in [0.3, 0.4) is 0 Å². The van der Waals surface area contributed by atoms with Gasteiger partial charge in [0.25, 0.3) is 5.91 Å². The van der Waals surface area contributed by atoms with Crippen LogP contribution in [0.2, 0.25) is 0 Å². The van der Waals surface area contributed by atoms with E-state index in [2.05, 4.69) is 15.0 Å². The standard InChI is InChI=1S/C17H21N5O2/c1-12-8-13(21(2)3)9-15(20-12)16-10-22(6-7-24-16)17(23)14-4-5-18-11-19-14/h4-5,8-9,11,16H,6-7,10H2,1-3H3/t16-/m0/s1. The molecule has 0 aromatic carbocycles. The Kier molecular flexibility index (Phi) is 4.71. The smallest absolute Gasteiger partial charge is 0.272 e. The van der Waals surface area contributed by atoms with Gasteiger partial charge in [0, 0.05) is 38.2 Å². The van der Waals surface area contributed by atoms with Crippen molar-refractivity contribution < 1.29 is 9.53 Å². The van der Waals surface area contributed by atoms with Crippen molar-refractivity contribution >= 4 is 11.6 Å². The number of rotatable bonds is 3. The highest BCUT2D eigenvalue weighted by molar-refractivity contribution is 5.92. The van der Waals surface area contributed by atoms with Crippen LogP contribution in [0.5, 0.6) is 0 Å². The molecule has 3 rings (SSSR count). The van der Waals surface area contributed by atoms with Gasteiger partial charge in [-0.3, -0.25) is 9.78 Å². The van der Waals surface area contributed by atoms with Gasteiger partial charge in [-0.05, 0) is 25.1 Å². The van der Waals surface area contributed by atoms with E-state index >= 15 is 0 Å². The van der Waals surface area contributed by atoms with Gasteiger partial charge < -0.3 is 14.5 Å². The molecule has 1 atom stereocenters.